The minimum atomic E-state index is -0.471. The van der Waals surface area contributed by atoms with E-state index < -0.39 is 5.97 Å². The van der Waals surface area contributed by atoms with Gasteiger partial charge in [-0.15, -0.1) is 0 Å². The Balaban J connectivity index is 1.38. The van der Waals surface area contributed by atoms with Crippen LogP contribution in [0.1, 0.15) is 49.0 Å². The number of hydrogen-bond acceptors (Lipinski definition) is 3. The number of H-pyrrole nitrogens is 1. The van der Waals surface area contributed by atoms with E-state index in [1.807, 2.05) is 29.2 Å². The summed E-state index contributed by atoms with van der Waals surface area (Å²) in [6.07, 6.45) is 7.07. The lowest BCUT2D eigenvalue weighted by Gasteiger charge is -2.44. The molecule has 1 saturated carbocycles. The third kappa shape index (κ3) is 3.28. The Morgan fingerprint density at radius 2 is 1.92 bits per heavy atom. The second kappa shape index (κ2) is 6.90. The minimum absolute atomic E-state index is 0.0546. The molecule has 0 spiro atoms. The SMILES string of the molecule is O=C(OCC(=O)N1CCC[C@@H]2CCCC[C@@H]21)c1cc2ccccc2[nH]1. The normalized spacial score (nSPS) is 23.3. The van der Waals surface area contributed by atoms with Crippen molar-refractivity contribution in [2.75, 3.05) is 13.2 Å². The Morgan fingerprint density at radius 1 is 1.12 bits per heavy atom. The standard InChI is InChI=1S/C20H24N2O3/c23-19(22-11-5-8-14-6-2-4-10-18(14)22)13-25-20(24)17-12-15-7-1-3-9-16(15)21-17/h1,3,7,9,12,14,18,21H,2,4-6,8,10-11,13H2/t14-,18-/m0/s1. The molecule has 0 bridgehead atoms. The number of aromatic nitrogens is 1. The highest BCUT2D eigenvalue weighted by Crippen LogP contribution is 2.35. The molecule has 0 unspecified atom stereocenters. The zero-order valence-electron chi connectivity index (χ0n) is 14.4. The van der Waals surface area contributed by atoms with Gasteiger partial charge in [0.15, 0.2) is 6.61 Å². The maximum absolute atomic E-state index is 12.6. The molecule has 5 heteroatoms. The molecule has 1 amide bonds. The zero-order chi connectivity index (χ0) is 17.2. The molecule has 2 fully saturated rings. The average molecular weight is 340 g/mol. The summed E-state index contributed by atoms with van der Waals surface area (Å²) in [7, 11) is 0. The summed E-state index contributed by atoms with van der Waals surface area (Å²) >= 11 is 0. The summed E-state index contributed by atoms with van der Waals surface area (Å²) in [6.45, 7) is 0.626. The van der Waals surface area contributed by atoms with E-state index in [9.17, 15) is 9.59 Å². The number of carbonyl (C=O) groups excluding carboxylic acids is 2. The number of nitrogens with zero attached hydrogens (tertiary/aromatic N) is 1. The Labute approximate surface area is 147 Å². The van der Waals surface area contributed by atoms with Gasteiger partial charge in [-0.2, -0.15) is 0 Å². The van der Waals surface area contributed by atoms with Crippen molar-refractivity contribution in [3.63, 3.8) is 0 Å². The predicted octanol–water partition coefficient (Wildman–Crippen LogP) is 3.51. The number of carbonyl (C=O) groups is 2. The second-order valence-electron chi connectivity index (χ2n) is 7.19. The highest BCUT2D eigenvalue weighted by molar-refractivity contribution is 5.95. The van der Waals surface area contributed by atoms with Gasteiger partial charge in [0.1, 0.15) is 5.69 Å². The maximum Gasteiger partial charge on any atom is 0.355 e. The Kier molecular flexibility index (Phi) is 4.47. The Bertz CT molecular complexity index is 747. The monoisotopic (exact) mass is 340 g/mol. The lowest BCUT2D eigenvalue weighted by Crippen LogP contribution is -2.50. The molecule has 1 N–H and O–H groups in total. The first kappa shape index (κ1) is 16.2. The highest BCUT2D eigenvalue weighted by Gasteiger charge is 2.35. The Hall–Kier alpha value is -2.30. The van der Waals surface area contributed by atoms with Gasteiger partial charge >= 0.3 is 5.97 Å². The van der Waals surface area contributed by atoms with Crippen molar-refractivity contribution in [1.29, 1.82) is 0 Å². The summed E-state index contributed by atoms with van der Waals surface area (Å²) in [5.74, 6) is 0.110. The fourth-order valence-corrected chi connectivity index (χ4v) is 4.41. The number of aromatic amines is 1. The fraction of sp³-hybridized carbons (Fsp3) is 0.500. The molecule has 0 radical (unpaired) electrons. The van der Waals surface area contributed by atoms with Gasteiger partial charge in [0.25, 0.3) is 5.91 Å². The minimum Gasteiger partial charge on any atom is -0.451 e. The number of fused-ring (bicyclic) bond motifs is 2. The van der Waals surface area contributed by atoms with E-state index in [4.69, 9.17) is 4.74 Å². The van der Waals surface area contributed by atoms with Crippen molar-refractivity contribution in [2.24, 2.45) is 5.92 Å². The second-order valence-corrected chi connectivity index (χ2v) is 7.19. The number of rotatable bonds is 3. The average Bonchev–Trinajstić information content (AvgIpc) is 3.09. The van der Waals surface area contributed by atoms with Gasteiger partial charge < -0.3 is 14.6 Å². The third-order valence-electron chi connectivity index (χ3n) is 5.64. The molecule has 5 nitrogen and oxygen atoms in total. The van der Waals surface area contributed by atoms with Crippen LogP contribution in [0.3, 0.4) is 0 Å². The predicted molar refractivity (Wildman–Crippen MR) is 95.3 cm³/mol. The van der Waals surface area contributed by atoms with Gasteiger partial charge in [-0.3, -0.25) is 4.79 Å². The lowest BCUT2D eigenvalue weighted by molar-refractivity contribution is -0.140. The summed E-state index contributed by atoms with van der Waals surface area (Å²) in [4.78, 5) is 29.9. The molecule has 1 saturated heterocycles. The van der Waals surface area contributed by atoms with Gasteiger partial charge in [0.05, 0.1) is 0 Å². The number of amides is 1. The molecule has 25 heavy (non-hydrogen) atoms. The van der Waals surface area contributed by atoms with E-state index in [0.29, 0.717) is 17.7 Å². The van der Waals surface area contributed by atoms with E-state index in [0.717, 1.165) is 30.3 Å². The molecule has 1 aromatic heterocycles. The van der Waals surface area contributed by atoms with Crippen LogP contribution in [0, 0.1) is 5.92 Å². The molecular weight excluding hydrogens is 316 g/mol. The summed E-state index contributed by atoms with van der Waals surface area (Å²) < 4.78 is 5.29. The van der Waals surface area contributed by atoms with Gasteiger partial charge in [0, 0.05) is 23.5 Å². The van der Waals surface area contributed by atoms with Crippen molar-refractivity contribution >= 4 is 22.8 Å². The van der Waals surface area contributed by atoms with Crippen LogP contribution in [0.5, 0.6) is 0 Å². The summed E-state index contributed by atoms with van der Waals surface area (Å²) in [5, 5.41) is 0.960. The van der Waals surface area contributed by atoms with Crippen LogP contribution >= 0.6 is 0 Å². The number of ether oxygens (including phenoxy) is 1. The number of likely N-dealkylation sites (tertiary alicyclic amines) is 1. The Morgan fingerprint density at radius 3 is 2.80 bits per heavy atom. The molecule has 2 aromatic rings. The van der Waals surface area contributed by atoms with Gasteiger partial charge in [-0.05, 0) is 43.7 Å². The van der Waals surface area contributed by atoms with E-state index >= 15 is 0 Å². The van der Waals surface area contributed by atoms with Crippen LogP contribution < -0.4 is 0 Å². The molecule has 132 valence electrons. The summed E-state index contributed by atoms with van der Waals surface area (Å²) in [6, 6.07) is 9.79. The quantitative estimate of drug-likeness (QED) is 0.870. The lowest BCUT2D eigenvalue weighted by atomic mass is 9.78. The van der Waals surface area contributed by atoms with Crippen molar-refractivity contribution in [2.45, 2.75) is 44.6 Å². The van der Waals surface area contributed by atoms with Crippen LogP contribution in [-0.4, -0.2) is 41.0 Å². The van der Waals surface area contributed by atoms with Crippen molar-refractivity contribution in [1.82, 2.24) is 9.88 Å². The summed E-state index contributed by atoms with van der Waals surface area (Å²) in [5.41, 5.74) is 1.28. The fourth-order valence-electron chi connectivity index (χ4n) is 4.41. The molecule has 2 heterocycles. The molecular formula is C20H24N2O3. The van der Waals surface area contributed by atoms with E-state index in [1.54, 1.807) is 6.07 Å². The molecule has 2 atom stereocenters. The topological polar surface area (TPSA) is 62.4 Å². The molecule has 4 rings (SSSR count). The molecule has 1 aromatic carbocycles. The molecule has 1 aliphatic carbocycles. The largest absolute Gasteiger partial charge is 0.451 e. The van der Waals surface area contributed by atoms with Crippen LogP contribution in [0.15, 0.2) is 30.3 Å². The van der Waals surface area contributed by atoms with E-state index in [1.165, 1.54) is 25.7 Å². The van der Waals surface area contributed by atoms with Gasteiger partial charge in [-0.1, -0.05) is 31.0 Å². The number of nitrogens with one attached hydrogen (secondary N) is 1. The van der Waals surface area contributed by atoms with Crippen LogP contribution in [0.2, 0.25) is 0 Å². The number of piperidine rings is 1. The number of benzene rings is 1. The smallest absolute Gasteiger partial charge is 0.355 e. The van der Waals surface area contributed by atoms with Gasteiger partial charge in [0.2, 0.25) is 0 Å². The van der Waals surface area contributed by atoms with E-state index in [-0.39, 0.29) is 12.5 Å². The van der Waals surface area contributed by atoms with Gasteiger partial charge in [-0.25, -0.2) is 4.79 Å². The van der Waals surface area contributed by atoms with Crippen molar-refractivity contribution < 1.29 is 14.3 Å². The van der Waals surface area contributed by atoms with Crippen LogP contribution in [-0.2, 0) is 9.53 Å². The highest BCUT2D eigenvalue weighted by atomic mass is 16.5. The number of para-hydroxylation sites is 1. The third-order valence-corrected chi connectivity index (χ3v) is 5.64. The van der Waals surface area contributed by atoms with Crippen LogP contribution in [0.25, 0.3) is 10.9 Å². The molecule has 1 aliphatic heterocycles. The van der Waals surface area contributed by atoms with Crippen molar-refractivity contribution in [3.8, 4) is 0 Å². The van der Waals surface area contributed by atoms with Crippen molar-refractivity contribution in [3.05, 3.63) is 36.0 Å². The maximum atomic E-state index is 12.6. The number of esters is 1. The first-order valence-corrected chi connectivity index (χ1v) is 9.27. The number of hydrogen-bond donors (Lipinski definition) is 1. The first-order chi connectivity index (χ1) is 12.2. The van der Waals surface area contributed by atoms with E-state index in [2.05, 4.69) is 4.98 Å². The van der Waals surface area contributed by atoms with Crippen LogP contribution in [0.4, 0.5) is 0 Å². The zero-order valence-corrected chi connectivity index (χ0v) is 14.4. The first-order valence-electron chi connectivity index (χ1n) is 9.27. The molecule has 2 aliphatic rings.